The van der Waals surface area contributed by atoms with Crippen molar-refractivity contribution in [1.82, 2.24) is 0 Å². The minimum Gasteiger partial charge on any atom is -0.489 e. The number of aromatic carboxylic acids is 1. The molecule has 0 radical (unpaired) electrons. The quantitative estimate of drug-likeness (QED) is 0.352. The summed E-state index contributed by atoms with van der Waals surface area (Å²) in [4.78, 5) is 23.2. The highest BCUT2D eigenvalue weighted by Gasteiger charge is 2.30. The second-order valence-corrected chi connectivity index (χ2v) is 7.06. The van der Waals surface area contributed by atoms with Gasteiger partial charge in [0.15, 0.2) is 0 Å². The number of carbonyl (C=O) groups is 2. The van der Waals surface area contributed by atoms with Gasteiger partial charge in [-0.2, -0.15) is 18.4 Å². The number of carboxylic acids is 1. The van der Waals surface area contributed by atoms with Gasteiger partial charge in [-0.15, -0.1) is 0 Å². The fraction of sp³-hybridized carbons (Fsp3) is 0.0800. The number of anilines is 1. The van der Waals surface area contributed by atoms with E-state index in [0.717, 1.165) is 23.8 Å². The monoisotopic (exact) mass is 466 g/mol. The van der Waals surface area contributed by atoms with Crippen molar-refractivity contribution in [2.45, 2.75) is 12.8 Å². The van der Waals surface area contributed by atoms with Crippen LogP contribution in [0.3, 0.4) is 0 Å². The molecule has 0 saturated carbocycles. The summed E-state index contributed by atoms with van der Waals surface area (Å²) in [5.74, 6) is -1.35. The van der Waals surface area contributed by atoms with E-state index >= 15 is 0 Å². The highest BCUT2D eigenvalue weighted by atomic mass is 19.4. The van der Waals surface area contributed by atoms with E-state index in [1.807, 2.05) is 0 Å². The Hall–Kier alpha value is -4.58. The normalized spacial score (nSPS) is 11.4. The van der Waals surface area contributed by atoms with Gasteiger partial charge in [-0.05, 0) is 59.7 Å². The zero-order valence-electron chi connectivity index (χ0n) is 17.5. The summed E-state index contributed by atoms with van der Waals surface area (Å²) in [5.41, 5.74) is 0.165. The summed E-state index contributed by atoms with van der Waals surface area (Å²) in [7, 11) is 0. The first kappa shape index (κ1) is 24.1. The van der Waals surface area contributed by atoms with E-state index < -0.39 is 23.6 Å². The summed E-state index contributed by atoms with van der Waals surface area (Å²) in [6.07, 6.45) is -3.25. The standard InChI is InChI=1S/C25H17F3N2O4/c26-25(27,28)20-2-1-3-21(13-20)30-23(31)19(14-29)12-16-6-10-22(11-7-16)34-15-17-4-8-18(9-5-17)24(32)33/h1-13H,15H2,(H,30,31)(H,32,33)/b19-12+. The molecule has 0 aromatic heterocycles. The zero-order chi connectivity index (χ0) is 24.7. The molecule has 0 heterocycles. The Bertz CT molecular complexity index is 1260. The van der Waals surface area contributed by atoms with Crippen LogP contribution in [0.1, 0.15) is 27.0 Å². The average molecular weight is 466 g/mol. The number of hydrogen-bond acceptors (Lipinski definition) is 4. The molecule has 0 bridgehead atoms. The molecular weight excluding hydrogens is 449 g/mol. The summed E-state index contributed by atoms with van der Waals surface area (Å²) in [6, 6.07) is 18.6. The van der Waals surface area contributed by atoms with E-state index in [9.17, 15) is 28.0 Å². The third-order valence-corrected chi connectivity index (χ3v) is 4.61. The van der Waals surface area contributed by atoms with Gasteiger partial charge in [-0.3, -0.25) is 4.79 Å². The second-order valence-electron chi connectivity index (χ2n) is 7.06. The van der Waals surface area contributed by atoms with E-state index in [4.69, 9.17) is 9.84 Å². The summed E-state index contributed by atoms with van der Waals surface area (Å²) >= 11 is 0. The van der Waals surface area contributed by atoms with Crippen molar-refractivity contribution >= 4 is 23.6 Å². The minimum absolute atomic E-state index is 0.0823. The van der Waals surface area contributed by atoms with Gasteiger partial charge in [-0.25, -0.2) is 4.79 Å². The largest absolute Gasteiger partial charge is 0.489 e. The molecule has 1 amide bonds. The molecule has 0 unspecified atom stereocenters. The maximum absolute atomic E-state index is 12.8. The first-order valence-electron chi connectivity index (χ1n) is 9.81. The molecule has 0 saturated heterocycles. The third-order valence-electron chi connectivity index (χ3n) is 4.61. The second kappa shape index (κ2) is 10.4. The van der Waals surface area contributed by atoms with Crippen molar-refractivity contribution in [2.24, 2.45) is 0 Å². The van der Waals surface area contributed by atoms with Crippen LogP contribution in [0.25, 0.3) is 6.08 Å². The summed E-state index contributed by atoms with van der Waals surface area (Å²) in [6.45, 7) is 0.206. The lowest BCUT2D eigenvalue weighted by Gasteiger charge is -2.09. The van der Waals surface area contributed by atoms with E-state index in [0.29, 0.717) is 11.3 Å². The van der Waals surface area contributed by atoms with Gasteiger partial charge in [-0.1, -0.05) is 30.3 Å². The number of hydrogen-bond donors (Lipinski definition) is 2. The summed E-state index contributed by atoms with van der Waals surface area (Å²) < 4.78 is 44.2. The Morgan fingerprint density at radius 3 is 2.29 bits per heavy atom. The smallest absolute Gasteiger partial charge is 0.416 e. The molecule has 172 valence electrons. The van der Waals surface area contributed by atoms with E-state index in [2.05, 4.69) is 5.32 Å². The van der Waals surface area contributed by atoms with Crippen LogP contribution < -0.4 is 10.1 Å². The molecule has 9 heteroatoms. The molecule has 0 aliphatic heterocycles. The van der Waals surface area contributed by atoms with Gasteiger partial charge in [0.25, 0.3) is 5.91 Å². The number of nitriles is 1. The number of halogens is 3. The molecule has 0 aliphatic rings. The Labute approximate surface area is 192 Å². The number of rotatable bonds is 7. The predicted octanol–water partition coefficient (Wildman–Crippen LogP) is 5.53. The molecule has 3 aromatic carbocycles. The minimum atomic E-state index is -4.56. The number of carboxylic acid groups (broad SMARTS) is 1. The molecule has 0 fully saturated rings. The highest BCUT2D eigenvalue weighted by molar-refractivity contribution is 6.09. The fourth-order valence-corrected chi connectivity index (χ4v) is 2.86. The highest BCUT2D eigenvalue weighted by Crippen LogP contribution is 2.30. The van der Waals surface area contributed by atoms with Crippen LogP contribution in [0.5, 0.6) is 5.75 Å². The third kappa shape index (κ3) is 6.46. The van der Waals surface area contributed by atoms with Crippen molar-refractivity contribution in [3.05, 3.63) is 101 Å². The van der Waals surface area contributed by atoms with Crippen LogP contribution in [0, 0.1) is 11.3 Å². The van der Waals surface area contributed by atoms with Crippen LogP contribution in [0.4, 0.5) is 18.9 Å². The first-order chi connectivity index (χ1) is 16.2. The van der Waals surface area contributed by atoms with Gasteiger partial charge in [0.1, 0.15) is 24.0 Å². The van der Waals surface area contributed by atoms with Crippen molar-refractivity contribution in [1.29, 1.82) is 5.26 Å². The maximum Gasteiger partial charge on any atom is 0.416 e. The predicted molar refractivity (Wildman–Crippen MR) is 118 cm³/mol. The molecular formula is C25H17F3N2O4. The lowest BCUT2D eigenvalue weighted by atomic mass is 10.1. The molecule has 34 heavy (non-hydrogen) atoms. The molecule has 0 atom stereocenters. The Morgan fingerprint density at radius 2 is 1.71 bits per heavy atom. The molecule has 3 aromatic rings. The van der Waals surface area contributed by atoms with Crippen molar-refractivity contribution in [2.75, 3.05) is 5.32 Å². The number of ether oxygens (including phenoxy) is 1. The van der Waals surface area contributed by atoms with Gasteiger partial charge >= 0.3 is 12.1 Å². The SMILES string of the molecule is N#C/C(=C\c1ccc(OCc2ccc(C(=O)O)cc2)cc1)C(=O)Nc1cccc(C(F)(F)F)c1. The average Bonchev–Trinajstić information content (AvgIpc) is 2.81. The number of carbonyl (C=O) groups excluding carboxylic acids is 1. The van der Waals surface area contributed by atoms with Crippen LogP contribution in [0.15, 0.2) is 78.4 Å². The zero-order valence-corrected chi connectivity index (χ0v) is 17.5. The lowest BCUT2D eigenvalue weighted by molar-refractivity contribution is -0.137. The Balaban J connectivity index is 1.64. The Kier molecular flexibility index (Phi) is 7.33. The first-order valence-corrected chi connectivity index (χ1v) is 9.81. The van der Waals surface area contributed by atoms with Gasteiger partial charge in [0.2, 0.25) is 0 Å². The molecule has 2 N–H and O–H groups in total. The fourth-order valence-electron chi connectivity index (χ4n) is 2.86. The Morgan fingerprint density at radius 1 is 1.03 bits per heavy atom. The van der Waals surface area contributed by atoms with E-state index in [1.54, 1.807) is 42.5 Å². The van der Waals surface area contributed by atoms with E-state index in [1.165, 1.54) is 24.3 Å². The summed E-state index contributed by atoms with van der Waals surface area (Å²) in [5, 5.41) is 20.5. The van der Waals surface area contributed by atoms with Crippen molar-refractivity contribution < 1.29 is 32.6 Å². The molecule has 3 rings (SSSR count). The topological polar surface area (TPSA) is 99.4 Å². The van der Waals surface area contributed by atoms with Gasteiger partial charge < -0.3 is 15.2 Å². The van der Waals surface area contributed by atoms with E-state index in [-0.39, 0.29) is 23.4 Å². The van der Waals surface area contributed by atoms with Crippen molar-refractivity contribution in [3.63, 3.8) is 0 Å². The van der Waals surface area contributed by atoms with Crippen LogP contribution >= 0.6 is 0 Å². The van der Waals surface area contributed by atoms with Crippen LogP contribution in [-0.4, -0.2) is 17.0 Å². The molecule has 0 spiro atoms. The van der Waals surface area contributed by atoms with Crippen LogP contribution in [-0.2, 0) is 17.6 Å². The number of nitrogens with one attached hydrogen (secondary N) is 1. The number of nitrogens with zero attached hydrogens (tertiary/aromatic N) is 1. The van der Waals surface area contributed by atoms with Crippen molar-refractivity contribution in [3.8, 4) is 11.8 Å². The van der Waals surface area contributed by atoms with Gasteiger partial charge in [0.05, 0.1) is 11.1 Å². The van der Waals surface area contributed by atoms with Gasteiger partial charge in [0, 0.05) is 5.69 Å². The number of benzene rings is 3. The molecule has 6 nitrogen and oxygen atoms in total. The number of amides is 1. The lowest BCUT2D eigenvalue weighted by Crippen LogP contribution is -2.14. The maximum atomic E-state index is 12.8. The number of alkyl halides is 3. The molecule has 0 aliphatic carbocycles. The van der Waals surface area contributed by atoms with Crippen LogP contribution in [0.2, 0.25) is 0 Å².